The zero-order chi connectivity index (χ0) is 53.8. The fraction of sp³-hybridized carbons (Fsp3) is 0. The minimum Gasteiger partial charge on any atom is -0.306 e. The van der Waals surface area contributed by atoms with Crippen molar-refractivity contribution >= 4 is 87.2 Å². The number of hydrogen-bond donors (Lipinski definition) is 0. The van der Waals surface area contributed by atoms with Gasteiger partial charge >= 0.3 is 0 Å². The van der Waals surface area contributed by atoms with Crippen molar-refractivity contribution in [1.82, 2.24) is 23.3 Å². The van der Waals surface area contributed by atoms with Gasteiger partial charge in [0.05, 0.1) is 130 Å². The van der Waals surface area contributed by atoms with Gasteiger partial charge in [-0.25, -0.2) is 4.98 Å². The number of pyridine rings is 1. The van der Waals surface area contributed by atoms with Gasteiger partial charge < -0.3 is 18.3 Å². The van der Waals surface area contributed by atoms with Crippen molar-refractivity contribution in [2.45, 2.75) is 0 Å². The summed E-state index contributed by atoms with van der Waals surface area (Å²) in [5, 5.41) is 61.6. The van der Waals surface area contributed by atoms with Crippen LogP contribution in [0, 0.1) is 56.7 Å². The van der Waals surface area contributed by atoms with Crippen molar-refractivity contribution < 1.29 is 0 Å². The molecule has 0 amide bonds. The van der Waals surface area contributed by atoms with Crippen LogP contribution in [0.25, 0.3) is 132 Å². The van der Waals surface area contributed by atoms with E-state index in [4.69, 9.17) is 4.98 Å². The molecule has 5 heterocycles. The van der Waals surface area contributed by atoms with E-state index in [1.807, 2.05) is 170 Å². The highest BCUT2D eigenvalue weighted by atomic mass is 15.1. The van der Waals surface area contributed by atoms with Gasteiger partial charge in [-0.2, -0.15) is 26.3 Å². The molecule has 15 aromatic rings. The highest BCUT2D eigenvalue weighted by Crippen LogP contribution is 2.52. The van der Waals surface area contributed by atoms with Crippen molar-refractivity contribution in [1.29, 1.82) is 26.3 Å². The fourth-order valence-electron chi connectivity index (χ4n) is 12.4. The van der Waals surface area contributed by atoms with Crippen LogP contribution in [0.3, 0.4) is 0 Å². The minimum atomic E-state index is 0.301. The number of nitriles is 5. The van der Waals surface area contributed by atoms with E-state index in [1.54, 1.807) is 0 Å². The van der Waals surface area contributed by atoms with Crippen LogP contribution in [-0.2, 0) is 0 Å². The minimum absolute atomic E-state index is 0.301. The van der Waals surface area contributed by atoms with Crippen molar-refractivity contribution in [2.24, 2.45) is 0 Å². The molecule has 10 nitrogen and oxygen atoms in total. The summed E-state index contributed by atoms with van der Waals surface area (Å²) in [7, 11) is 0. The third-order valence-corrected chi connectivity index (χ3v) is 15.7. The van der Waals surface area contributed by atoms with Gasteiger partial charge in [-0.05, 0) is 109 Å². The van der Waals surface area contributed by atoms with Crippen molar-refractivity contribution in [3.63, 3.8) is 0 Å². The lowest BCUT2D eigenvalue weighted by Crippen LogP contribution is -2.17. The molecule has 0 spiro atoms. The maximum absolute atomic E-state index is 12.8. The Morgan fingerprint density at radius 1 is 0.263 bits per heavy atom. The van der Waals surface area contributed by atoms with Gasteiger partial charge in [0.1, 0.15) is 6.07 Å². The van der Waals surface area contributed by atoms with Crippen LogP contribution < -0.4 is 0 Å². The first-order chi connectivity index (χ1) is 39.5. The molecular formula is C70H36N10. The maximum atomic E-state index is 12.8. The number of nitrogens with zero attached hydrogens (tertiary/aromatic N) is 10. The first kappa shape index (κ1) is 45.4. The summed E-state index contributed by atoms with van der Waals surface area (Å²) in [5.41, 5.74) is 13.7. The van der Waals surface area contributed by atoms with Crippen molar-refractivity contribution in [2.75, 3.05) is 0 Å². The molecule has 0 atom stereocenters. The van der Waals surface area contributed by atoms with Crippen molar-refractivity contribution in [3.8, 4) is 75.6 Å². The summed E-state index contributed by atoms with van der Waals surface area (Å²) in [6, 6.07) is 84.0. The first-order valence-electron chi connectivity index (χ1n) is 25.9. The number of para-hydroxylation sites is 4. The largest absolute Gasteiger partial charge is 0.306 e. The van der Waals surface area contributed by atoms with Gasteiger partial charge in [0.25, 0.3) is 0 Å². The van der Waals surface area contributed by atoms with Gasteiger partial charge in [-0.3, -0.25) is 0 Å². The van der Waals surface area contributed by atoms with Gasteiger partial charge in [0.15, 0.2) is 0 Å². The van der Waals surface area contributed by atoms with Gasteiger partial charge in [0.2, 0.25) is 0 Å². The van der Waals surface area contributed by atoms with Crippen LogP contribution in [0.4, 0.5) is 0 Å². The van der Waals surface area contributed by atoms with Gasteiger partial charge in [0, 0.05) is 54.2 Å². The number of aromatic nitrogens is 5. The molecule has 0 aliphatic rings. The fourth-order valence-corrected chi connectivity index (χ4v) is 12.4. The van der Waals surface area contributed by atoms with E-state index in [1.165, 1.54) is 0 Å². The molecule has 0 aliphatic carbocycles. The SMILES string of the molecule is N#Cc1ccc2c(c1)c1ccccc1n2-c1c(C#N)c(-c2cccc(-c3ccccc3)n2)c(-n2c3ccccc3c3cc(C#N)ccc32)c(-n2c3ccccc3c3cc(C#N)ccc32)c1-n1c2ccccc2c2cc(C#N)ccc21. The van der Waals surface area contributed by atoms with E-state index < -0.39 is 0 Å². The summed E-state index contributed by atoms with van der Waals surface area (Å²) >= 11 is 0. The number of rotatable bonds is 6. The first-order valence-corrected chi connectivity index (χ1v) is 25.9. The molecule has 0 saturated heterocycles. The molecule has 0 unspecified atom stereocenters. The van der Waals surface area contributed by atoms with Crippen molar-refractivity contribution in [3.05, 3.63) is 246 Å². The lowest BCUT2D eigenvalue weighted by molar-refractivity contribution is 1.02. The molecule has 80 heavy (non-hydrogen) atoms. The van der Waals surface area contributed by atoms with Crippen LogP contribution in [0.5, 0.6) is 0 Å². The molecule has 366 valence electrons. The number of hydrogen-bond acceptors (Lipinski definition) is 6. The lowest BCUT2D eigenvalue weighted by atomic mass is 9.94. The second-order valence-corrected chi connectivity index (χ2v) is 19.8. The van der Waals surface area contributed by atoms with Gasteiger partial charge in [-0.1, -0.05) is 109 Å². The van der Waals surface area contributed by atoms with Gasteiger partial charge in [-0.15, -0.1) is 0 Å². The molecule has 5 aromatic heterocycles. The summed E-state index contributed by atoms with van der Waals surface area (Å²) in [6.07, 6.45) is 0. The second-order valence-electron chi connectivity index (χ2n) is 19.8. The highest BCUT2D eigenvalue weighted by Gasteiger charge is 2.36. The lowest BCUT2D eigenvalue weighted by Gasteiger charge is -2.29. The topological polar surface area (TPSA) is 152 Å². The highest BCUT2D eigenvalue weighted by molar-refractivity contribution is 6.17. The quantitative estimate of drug-likeness (QED) is 0.162. The molecular weight excluding hydrogens is 981 g/mol. The smallest absolute Gasteiger partial charge is 0.102 e. The summed E-state index contributed by atoms with van der Waals surface area (Å²) in [4.78, 5) is 5.60. The molecule has 0 fully saturated rings. The van der Waals surface area contributed by atoms with Crippen LogP contribution in [0.2, 0.25) is 0 Å². The average Bonchev–Trinajstić information content (AvgIpc) is 4.27. The summed E-state index contributed by atoms with van der Waals surface area (Å²) in [6.45, 7) is 0. The van der Waals surface area contributed by atoms with Crippen LogP contribution in [-0.4, -0.2) is 23.3 Å². The molecule has 0 bridgehead atoms. The molecule has 10 heteroatoms. The normalized spacial score (nSPS) is 11.4. The maximum Gasteiger partial charge on any atom is 0.102 e. The molecule has 10 aromatic carbocycles. The predicted molar refractivity (Wildman–Crippen MR) is 316 cm³/mol. The molecule has 0 saturated carbocycles. The Morgan fingerprint density at radius 3 is 0.975 bits per heavy atom. The molecule has 0 N–H and O–H groups in total. The monoisotopic (exact) mass is 1020 g/mol. The van der Waals surface area contributed by atoms with E-state index >= 15 is 0 Å². The second kappa shape index (κ2) is 17.5. The van der Waals surface area contributed by atoms with E-state index in [0.29, 0.717) is 67.5 Å². The predicted octanol–water partition coefficient (Wildman–Crippen LogP) is 16.2. The molecule has 0 aliphatic heterocycles. The van der Waals surface area contributed by atoms with E-state index in [2.05, 4.69) is 97.1 Å². The Labute approximate surface area is 456 Å². The average molecular weight is 1020 g/mol. The van der Waals surface area contributed by atoms with E-state index in [-0.39, 0.29) is 0 Å². The van der Waals surface area contributed by atoms with E-state index in [0.717, 1.165) is 92.8 Å². The third kappa shape index (κ3) is 6.45. The zero-order valence-corrected chi connectivity index (χ0v) is 42.3. The van der Waals surface area contributed by atoms with E-state index in [9.17, 15) is 26.3 Å². The molecule has 15 rings (SSSR count). The zero-order valence-electron chi connectivity index (χ0n) is 42.3. The third-order valence-electron chi connectivity index (χ3n) is 15.7. The Balaban J connectivity index is 1.32. The number of benzene rings is 10. The Hall–Kier alpha value is -12.0. The summed E-state index contributed by atoms with van der Waals surface area (Å²) < 4.78 is 8.93. The Bertz CT molecular complexity index is 5440. The Morgan fingerprint density at radius 2 is 0.588 bits per heavy atom. The Kier molecular flexibility index (Phi) is 9.95. The van der Waals surface area contributed by atoms with Crippen LogP contribution in [0.1, 0.15) is 27.8 Å². The standard InChI is InChI=1S/C70H36N10/c71-37-42-25-29-62-51(33-42)47-15-4-8-21-58(47)77(62)67-55(41-75)66(57-20-12-19-56(76-57)46-13-2-1-3-14-46)68(78-59-22-9-5-16-48(59)52-34-43(38-72)26-30-63(52)78)70(80-61-24-11-7-18-50(61)54-36-45(40-74)28-32-65(54)80)69(67)79-60-23-10-6-17-49(60)53-35-44(39-73)27-31-64(53)79/h1-36H. The number of fused-ring (bicyclic) bond motifs is 12. The summed E-state index contributed by atoms with van der Waals surface area (Å²) in [5.74, 6) is 0. The van der Waals surface area contributed by atoms with Crippen LogP contribution in [0.15, 0.2) is 218 Å². The molecule has 0 radical (unpaired) electrons. The van der Waals surface area contributed by atoms with Crippen LogP contribution >= 0.6 is 0 Å².